The Hall–Kier alpha value is -1.84. The molecule has 2 N–H and O–H groups in total. The van der Waals surface area contributed by atoms with Crippen LogP contribution in [0.3, 0.4) is 0 Å². The number of nitrogens with one attached hydrogen (secondary N) is 1. The molecule has 2 aliphatic carbocycles. The molecule has 3 fully saturated rings. The van der Waals surface area contributed by atoms with E-state index in [1.54, 1.807) is 12.4 Å². The number of aliphatic hydroxyl groups is 1. The quantitative estimate of drug-likeness (QED) is 0.681. The molecule has 2 aliphatic heterocycles. The molecule has 2 aromatic rings. The molecule has 1 atom stereocenters. The predicted octanol–water partition coefficient (Wildman–Crippen LogP) is 2.83. The van der Waals surface area contributed by atoms with E-state index in [2.05, 4.69) is 20.2 Å². The summed E-state index contributed by atoms with van der Waals surface area (Å²) >= 11 is 5.92. The molecule has 1 spiro atoms. The lowest BCUT2D eigenvalue weighted by molar-refractivity contribution is 0.143. The van der Waals surface area contributed by atoms with Gasteiger partial charge in [0.15, 0.2) is 0 Å². The number of fused-ring (bicyclic) bond motifs is 1. The van der Waals surface area contributed by atoms with Gasteiger partial charge in [0.1, 0.15) is 16.5 Å². The van der Waals surface area contributed by atoms with Gasteiger partial charge in [-0.05, 0) is 44.9 Å². The molecule has 2 aromatic heterocycles. The third-order valence-electron chi connectivity index (χ3n) is 7.58. The van der Waals surface area contributed by atoms with E-state index in [4.69, 9.17) is 21.6 Å². The Morgan fingerprint density at radius 1 is 1.16 bits per heavy atom. The van der Waals surface area contributed by atoms with Gasteiger partial charge in [0.25, 0.3) is 0 Å². The second-order valence-electron chi connectivity index (χ2n) is 9.71. The van der Waals surface area contributed by atoms with Gasteiger partial charge >= 0.3 is 0 Å². The Labute approximate surface area is 194 Å². The molecule has 32 heavy (non-hydrogen) atoms. The van der Waals surface area contributed by atoms with Crippen LogP contribution in [-0.2, 0) is 17.2 Å². The summed E-state index contributed by atoms with van der Waals surface area (Å²) in [6, 6.07) is 0. The summed E-state index contributed by atoms with van der Waals surface area (Å²) in [5.74, 6) is 2.47. The molecule has 2 saturated carbocycles. The summed E-state index contributed by atoms with van der Waals surface area (Å²) in [5, 5.41) is 14.0. The molecule has 6 rings (SSSR count). The lowest BCUT2D eigenvalue weighted by Crippen LogP contribution is -2.48. The fourth-order valence-electron chi connectivity index (χ4n) is 5.17. The smallest absolute Gasteiger partial charge is 0.225 e. The van der Waals surface area contributed by atoms with Crippen molar-refractivity contribution in [3.8, 4) is 0 Å². The number of aliphatic hydroxyl groups excluding tert-OH is 1. The lowest BCUT2D eigenvalue weighted by atomic mass is 9.77. The van der Waals surface area contributed by atoms with E-state index in [1.165, 1.54) is 0 Å². The van der Waals surface area contributed by atoms with Crippen molar-refractivity contribution in [3.63, 3.8) is 0 Å². The van der Waals surface area contributed by atoms with Gasteiger partial charge in [0.05, 0.1) is 50.8 Å². The van der Waals surface area contributed by atoms with Crippen molar-refractivity contribution in [2.45, 2.75) is 72.5 Å². The molecule has 0 unspecified atom stereocenters. The molecule has 10 heteroatoms. The highest BCUT2D eigenvalue weighted by Gasteiger charge is 2.56. The number of halogens is 1. The van der Waals surface area contributed by atoms with Crippen molar-refractivity contribution in [2.24, 2.45) is 0 Å². The van der Waals surface area contributed by atoms with Crippen LogP contribution in [0.1, 0.15) is 62.4 Å². The third-order valence-corrected chi connectivity index (χ3v) is 9.91. The van der Waals surface area contributed by atoms with Gasteiger partial charge in [-0.1, -0.05) is 11.6 Å². The summed E-state index contributed by atoms with van der Waals surface area (Å²) < 4.78 is 13.2. The average Bonchev–Trinajstić information content (AvgIpc) is 3.51. The van der Waals surface area contributed by atoms with Crippen molar-refractivity contribution in [1.29, 1.82) is 0 Å². The fourth-order valence-corrected chi connectivity index (χ4v) is 7.05. The van der Waals surface area contributed by atoms with Crippen molar-refractivity contribution in [1.82, 2.24) is 19.9 Å². The normalized spacial score (nSPS) is 25.4. The highest BCUT2D eigenvalue weighted by molar-refractivity contribution is 7.87. The Morgan fingerprint density at radius 2 is 1.88 bits per heavy atom. The van der Waals surface area contributed by atoms with Gasteiger partial charge in [0, 0.05) is 25.4 Å². The van der Waals surface area contributed by atoms with Crippen LogP contribution >= 0.6 is 11.6 Å². The molecule has 0 amide bonds. The largest absolute Gasteiger partial charge is 0.394 e. The van der Waals surface area contributed by atoms with Crippen LogP contribution in [0.5, 0.6) is 0 Å². The maximum atomic E-state index is 13.3. The molecule has 0 radical (unpaired) electrons. The molecular weight excluding hydrogens is 448 g/mol. The van der Waals surface area contributed by atoms with Crippen molar-refractivity contribution in [3.05, 3.63) is 28.9 Å². The van der Waals surface area contributed by atoms with Gasteiger partial charge in [-0.3, -0.25) is 4.21 Å². The second-order valence-corrected chi connectivity index (χ2v) is 12.0. The van der Waals surface area contributed by atoms with Gasteiger partial charge < -0.3 is 15.3 Å². The number of piperidine rings is 1. The number of aromatic nitrogens is 4. The molecule has 4 heterocycles. The van der Waals surface area contributed by atoms with Crippen molar-refractivity contribution < 1.29 is 9.32 Å². The Bertz CT molecular complexity index is 1060. The minimum absolute atomic E-state index is 0.0678. The van der Waals surface area contributed by atoms with Gasteiger partial charge in [0.2, 0.25) is 5.95 Å². The zero-order valence-electron chi connectivity index (χ0n) is 17.9. The first-order valence-corrected chi connectivity index (χ1v) is 13.0. The summed E-state index contributed by atoms with van der Waals surface area (Å²) in [6.07, 6.45) is 10.8. The molecular formula is C22H27ClN6O2S. The monoisotopic (exact) mass is 474 g/mol. The van der Waals surface area contributed by atoms with E-state index in [-0.39, 0.29) is 22.8 Å². The minimum atomic E-state index is -1.07. The first kappa shape index (κ1) is 20.7. The van der Waals surface area contributed by atoms with E-state index >= 15 is 0 Å². The molecule has 0 bridgehead atoms. The first-order valence-electron chi connectivity index (χ1n) is 11.5. The third kappa shape index (κ3) is 3.40. The van der Waals surface area contributed by atoms with Crippen LogP contribution in [0.15, 0.2) is 17.3 Å². The summed E-state index contributed by atoms with van der Waals surface area (Å²) in [6.45, 7) is 1.72. The van der Waals surface area contributed by atoms with E-state index in [9.17, 15) is 9.32 Å². The van der Waals surface area contributed by atoms with Crippen LogP contribution in [0.2, 0.25) is 5.02 Å². The number of nitrogens with zero attached hydrogens (tertiary/aromatic N) is 5. The van der Waals surface area contributed by atoms with Crippen molar-refractivity contribution >= 4 is 34.2 Å². The second kappa shape index (κ2) is 7.60. The van der Waals surface area contributed by atoms with Crippen LogP contribution in [0.25, 0.3) is 0 Å². The summed E-state index contributed by atoms with van der Waals surface area (Å²) in [4.78, 5) is 21.5. The number of anilines is 2. The minimum Gasteiger partial charge on any atom is -0.394 e. The fraction of sp³-hybridized carbons (Fsp3) is 0.636. The Balaban J connectivity index is 1.27. The first-order chi connectivity index (χ1) is 15.5. The predicted molar refractivity (Wildman–Crippen MR) is 123 cm³/mol. The molecule has 4 aliphatic rings. The summed E-state index contributed by atoms with van der Waals surface area (Å²) in [7, 11) is -1.07. The van der Waals surface area contributed by atoms with Gasteiger partial charge in [-0.25, -0.2) is 19.9 Å². The average molecular weight is 475 g/mol. The molecule has 1 saturated heterocycles. The lowest BCUT2D eigenvalue weighted by Gasteiger charge is -2.41. The van der Waals surface area contributed by atoms with Crippen molar-refractivity contribution in [2.75, 3.05) is 29.9 Å². The molecule has 170 valence electrons. The topological polar surface area (TPSA) is 104 Å². The Kier molecular flexibility index (Phi) is 4.93. The Morgan fingerprint density at radius 3 is 2.47 bits per heavy atom. The van der Waals surface area contributed by atoms with E-state index in [0.29, 0.717) is 16.8 Å². The molecule has 0 aromatic carbocycles. The molecule has 8 nitrogen and oxygen atoms in total. The zero-order valence-corrected chi connectivity index (χ0v) is 19.5. The highest BCUT2D eigenvalue weighted by atomic mass is 35.5. The van der Waals surface area contributed by atoms with Crippen LogP contribution in [0.4, 0.5) is 11.8 Å². The van der Waals surface area contributed by atoms with E-state index in [0.717, 1.165) is 80.9 Å². The van der Waals surface area contributed by atoms with Crippen LogP contribution in [-0.4, -0.2) is 59.2 Å². The maximum absolute atomic E-state index is 13.3. The standard InChI is InChI=1S/C22H27ClN6O2S/c23-15-11-24-20(25-12-15)29-8-2-14(3-9-29)18-26-16-10-22(6-7-22)32(31)17(16)19(27-18)28-21(13-30)4-1-5-21/h11-12,14,30H,1-10,13H2,(H,26,27,28)/t32-/m0/s1. The highest BCUT2D eigenvalue weighted by Crippen LogP contribution is 2.54. The van der Waals surface area contributed by atoms with E-state index < -0.39 is 10.8 Å². The maximum Gasteiger partial charge on any atom is 0.225 e. The van der Waals surface area contributed by atoms with Gasteiger partial charge in [-0.15, -0.1) is 0 Å². The number of hydrogen-bond acceptors (Lipinski definition) is 8. The summed E-state index contributed by atoms with van der Waals surface area (Å²) in [5.41, 5.74) is 0.613. The SMILES string of the molecule is O=[S@]1c2c(nc(C3CCN(c4ncc(Cl)cn4)CC3)nc2NC2(CO)CCC2)CC12CC2. The zero-order chi connectivity index (χ0) is 21.9. The van der Waals surface area contributed by atoms with E-state index in [1.807, 2.05) is 0 Å². The van der Waals surface area contributed by atoms with Gasteiger partial charge in [-0.2, -0.15) is 0 Å². The van der Waals surface area contributed by atoms with Crippen LogP contribution in [0, 0.1) is 0 Å². The van der Waals surface area contributed by atoms with Crippen LogP contribution < -0.4 is 10.2 Å². The number of hydrogen-bond donors (Lipinski definition) is 2. The number of rotatable bonds is 5.